The summed E-state index contributed by atoms with van der Waals surface area (Å²) in [4.78, 5) is 0.841. The second-order valence-corrected chi connectivity index (χ2v) is 6.44. The molecule has 19 heavy (non-hydrogen) atoms. The molecule has 0 bridgehead atoms. The highest BCUT2D eigenvalue weighted by atomic mass is 32.2. The summed E-state index contributed by atoms with van der Waals surface area (Å²) < 4.78 is 25.3. The standard InChI is InChI=1S/C14H19NO3S/c1-17-11-5-7-12(8-6-11)19(16)15-9-3-2-4-13(15)14-10-18-14/h5-8,13-14H,2-4,9-10H2,1H3. The van der Waals surface area contributed by atoms with E-state index in [0.717, 1.165) is 36.6 Å². The Morgan fingerprint density at radius 2 is 2.05 bits per heavy atom. The first-order valence-corrected chi connectivity index (χ1v) is 7.84. The van der Waals surface area contributed by atoms with Crippen molar-refractivity contribution in [3.8, 4) is 5.75 Å². The maximum Gasteiger partial charge on any atom is 0.127 e. The quantitative estimate of drug-likeness (QED) is 0.792. The lowest BCUT2D eigenvalue weighted by Gasteiger charge is -2.33. The second kappa shape index (κ2) is 5.61. The first-order valence-electron chi connectivity index (χ1n) is 6.74. The Kier molecular flexibility index (Phi) is 3.86. The van der Waals surface area contributed by atoms with E-state index >= 15 is 0 Å². The molecule has 3 rings (SSSR count). The molecule has 0 saturated carbocycles. The molecule has 2 heterocycles. The number of piperidine rings is 1. The lowest BCUT2D eigenvalue weighted by Crippen LogP contribution is -2.43. The summed E-state index contributed by atoms with van der Waals surface area (Å²) >= 11 is 0. The largest absolute Gasteiger partial charge is 0.497 e. The van der Waals surface area contributed by atoms with Gasteiger partial charge in [-0.2, -0.15) is 0 Å². The van der Waals surface area contributed by atoms with Crippen molar-refractivity contribution >= 4 is 11.0 Å². The van der Waals surface area contributed by atoms with E-state index in [1.165, 1.54) is 6.42 Å². The number of ether oxygens (including phenoxy) is 2. The van der Waals surface area contributed by atoms with Crippen molar-refractivity contribution in [3.05, 3.63) is 24.3 Å². The Labute approximate surface area is 116 Å². The maximum absolute atomic E-state index is 12.7. The number of nitrogens with zero attached hydrogens (tertiary/aromatic N) is 1. The molecule has 0 aliphatic carbocycles. The fourth-order valence-electron chi connectivity index (χ4n) is 2.61. The topological polar surface area (TPSA) is 42.1 Å². The van der Waals surface area contributed by atoms with E-state index < -0.39 is 11.0 Å². The summed E-state index contributed by atoms with van der Waals surface area (Å²) in [5, 5.41) is 0. The molecule has 4 nitrogen and oxygen atoms in total. The highest BCUT2D eigenvalue weighted by Gasteiger charge is 2.40. The minimum absolute atomic E-state index is 0.294. The molecule has 5 heteroatoms. The van der Waals surface area contributed by atoms with Gasteiger partial charge in [0.25, 0.3) is 0 Å². The number of hydrogen-bond acceptors (Lipinski definition) is 3. The summed E-state index contributed by atoms with van der Waals surface area (Å²) in [5.41, 5.74) is 0. The number of epoxide rings is 1. The zero-order chi connectivity index (χ0) is 13.2. The van der Waals surface area contributed by atoms with E-state index in [4.69, 9.17) is 9.47 Å². The van der Waals surface area contributed by atoms with Crippen LogP contribution in [0.25, 0.3) is 0 Å². The molecular formula is C14H19NO3S. The van der Waals surface area contributed by atoms with Crippen molar-refractivity contribution < 1.29 is 13.7 Å². The normalized spacial score (nSPS) is 28.9. The van der Waals surface area contributed by atoms with Crippen LogP contribution in [0.1, 0.15) is 19.3 Å². The molecule has 104 valence electrons. The molecule has 0 radical (unpaired) electrons. The van der Waals surface area contributed by atoms with Gasteiger partial charge in [0.1, 0.15) is 16.7 Å². The SMILES string of the molecule is COc1ccc(S(=O)N2CCCCC2C2CO2)cc1. The maximum atomic E-state index is 12.7. The van der Waals surface area contributed by atoms with Crippen LogP contribution in [-0.4, -0.2) is 40.9 Å². The van der Waals surface area contributed by atoms with Crippen LogP contribution >= 0.6 is 0 Å². The molecule has 2 aliphatic heterocycles. The predicted octanol–water partition coefficient (Wildman–Crippen LogP) is 1.97. The fourth-order valence-corrected chi connectivity index (χ4v) is 4.04. The second-order valence-electron chi connectivity index (χ2n) is 5.00. The minimum atomic E-state index is -1.09. The molecular weight excluding hydrogens is 262 g/mol. The lowest BCUT2D eigenvalue weighted by atomic mass is 10.0. The van der Waals surface area contributed by atoms with Crippen molar-refractivity contribution in [1.82, 2.24) is 4.31 Å². The first kappa shape index (κ1) is 13.1. The molecule has 0 spiro atoms. The van der Waals surface area contributed by atoms with E-state index in [-0.39, 0.29) is 0 Å². The summed E-state index contributed by atoms with van der Waals surface area (Å²) in [6.45, 7) is 1.71. The van der Waals surface area contributed by atoms with Crippen molar-refractivity contribution in [2.45, 2.75) is 36.3 Å². The minimum Gasteiger partial charge on any atom is -0.497 e. The average molecular weight is 281 g/mol. The van der Waals surface area contributed by atoms with Crippen LogP contribution in [0.5, 0.6) is 5.75 Å². The zero-order valence-electron chi connectivity index (χ0n) is 11.1. The van der Waals surface area contributed by atoms with Crippen LogP contribution < -0.4 is 4.74 Å². The van der Waals surface area contributed by atoms with Gasteiger partial charge in [-0.25, -0.2) is 8.51 Å². The van der Waals surface area contributed by atoms with Crippen LogP contribution in [0.2, 0.25) is 0 Å². The van der Waals surface area contributed by atoms with Crippen molar-refractivity contribution in [3.63, 3.8) is 0 Å². The molecule has 0 aromatic heterocycles. The third-order valence-corrected chi connectivity index (χ3v) is 5.32. The molecule has 0 amide bonds. The Morgan fingerprint density at radius 3 is 2.68 bits per heavy atom. The highest BCUT2D eigenvalue weighted by molar-refractivity contribution is 7.82. The molecule has 3 atom stereocenters. The van der Waals surface area contributed by atoms with E-state index in [9.17, 15) is 4.21 Å². The van der Waals surface area contributed by atoms with Crippen LogP contribution in [0.15, 0.2) is 29.2 Å². The monoisotopic (exact) mass is 281 g/mol. The van der Waals surface area contributed by atoms with Crippen molar-refractivity contribution in [2.75, 3.05) is 20.3 Å². The molecule has 0 N–H and O–H groups in total. The van der Waals surface area contributed by atoms with Crippen molar-refractivity contribution in [2.24, 2.45) is 0 Å². The summed E-state index contributed by atoms with van der Waals surface area (Å²) in [6.07, 6.45) is 3.71. The average Bonchev–Trinajstić information content (AvgIpc) is 3.31. The van der Waals surface area contributed by atoms with E-state index in [1.807, 2.05) is 24.3 Å². The van der Waals surface area contributed by atoms with Gasteiger partial charge in [-0.3, -0.25) is 0 Å². The molecule has 1 aromatic rings. The van der Waals surface area contributed by atoms with Crippen LogP contribution in [0, 0.1) is 0 Å². The van der Waals surface area contributed by atoms with Gasteiger partial charge in [-0.15, -0.1) is 0 Å². The summed E-state index contributed by atoms with van der Waals surface area (Å²) in [5.74, 6) is 0.793. The Hall–Kier alpha value is -0.910. The first-order chi connectivity index (χ1) is 9.29. The molecule has 2 saturated heterocycles. The van der Waals surface area contributed by atoms with Crippen molar-refractivity contribution in [1.29, 1.82) is 0 Å². The van der Waals surface area contributed by atoms with Gasteiger partial charge in [-0.05, 0) is 37.1 Å². The number of benzene rings is 1. The third kappa shape index (κ3) is 2.83. The molecule has 2 aliphatic rings. The smallest absolute Gasteiger partial charge is 0.127 e. The zero-order valence-corrected chi connectivity index (χ0v) is 11.9. The highest BCUT2D eigenvalue weighted by Crippen LogP contribution is 2.30. The summed E-state index contributed by atoms with van der Waals surface area (Å²) in [7, 11) is 0.543. The van der Waals surface area contributed by atoms with Gasteiger partial charge in [-0.1, -0.05) is 6.42 Å². The van der Waals surface area contributed by atoms with Gasteiger partial charge in [0, 0.05) is 6.54 Å². The van der Waals surface area contributed by atoms with Gasteiger partial charge < -0.3 is 9.47 Å². The van der Waals surface area contributed by atoms with Crippen LogP contribution in [0.4, 0.5) is 0 Å². The van der Waals surface area contributed by atoms with E-state index in [2.05, 4.69) is 4.31 Å². The molecule has 3 unspecified atom stereocenters. The van der Waals surface area contributed by atoms with Gasteiger partial charge in [0.05, 0.1) is 30.8 Å². The Bertz CT molecular complexity index is 458. The molecule has 2 fully saturated rings. The fraction of sp³-hybridized carbons (Fsp3) is 0.571. The van der Waals surface area contributed by atoms with Gasteiger partial charge in [0.15, 0.2) is 0 Å². The number of rotatable bonds is 4. The summed E-state index contributed by atoms with van der Waals surface area (Å²) in [6, 6.07) is 7.80. The number of hydrogen-bond donors (Lipinski definition) is 0. The lowest BCUT2D eigenvalue weighted by molar-refractivity contribution is 0.212. The Morgan fingerprint density at radius 1 is 1.32 bits per heavy atom. The predicted molar refractivity (Wildman–Crippen MR) is 73.5 cm³/mol. The third-order valence-electron chi connectivity index (χ3n) is 3.76. The van der Waals surface area contributed by atoms with Gasteiger partial charge >= 0.3 is 0 Å². The van der Waals surface area contributed by atoms with E-state index in [0.29, 0.717) is 12.1 Å². The number of methoxy groups -OCH3 is 1. The van der Waals surface area contributed by atoms with Gasteiger partial charge in [0.2, 0.25) is 0 Å². The van der Waals surface area contributed by atoms with Crippen LogP contribution in [-0.2, 0) is 15.7 Å². The van der Waals surface area contributed by atoms with E-state index in [1.54, 1.807) is 7.11 Å². The molecule has 1 aromatic carbocycles. The Balaban J connectivity index is 1.76. The van der Waals surface area contributed by atoms with Crippen LogP contribution in [0.3, 0.4) is 0 Å².